The molecule has 1 aromatic heterocycles. The molecule has 2 aromatic carbocycles. The van der Waals surface area contributed by atoms with E-state index in [9.17, 15) is 13.2 Å². The Balaban J connectivity index is 1.83. The number of amides is 1. The second-order valence-electron chi connectivity index (χ2n) is 6.07. The number of sulfone groups is 1. The van der Waals surface area contributed by atoms with Crippen LogP contribution in [0.3, 0.4) is 0 Å². The quantitative estimate of drug-likeness (QED) is 0.634. The van der Waals surface area contributed by atoms with E-state index in [2.05, 4.69) is 24.1 Å². The first-order chi connectivity index (χ1) is 12.2. The number of thiazole rings is 1. The number of hydrogen-bond acceptors (Lipinski definition) is 6. The summed E-state index contributed by atoms with van der Waals surface area (Å²) in [6, 6.07) is 12.2. The molecular weight excluding hydrogens is 388 g/mol. The Morgan fingerprint density at radius 3 is 2.65 bits per heavy atom. The van der Waals surface area contributed by atoms with Gasteiger partial charge in [0.05, 0.1) is 15.1 Å². The lowest BCUT2D eigenvalue weighted by atomic mass is 10.2. The summed E-state index contributed by atoms with van der Waals surface area (Å²) in [6.45, 7) is 4.20. The van der Waals surface area contributed by atoms with Gasteiger partial charge in [-0.15, -0.1) is 11.8 Å². The Hall–Kier alpha value is -1.90. The summed E-state index contributed by atoms with van der Waals surface area (Å²) >= 11 is 2.95. The molecule has 0 saturated heterocycles. The minimum absolute atomic E-state index is 0.237. The van der Waals surface area contributed by atoms with Gasteiger partial charge in [0, 0.05) is 22.0 Å². The number of anilines is 1. The molecule has 0 saturated carbocycles. The van der Waals surface area contributed by atoms with Crippen molar-refractivity contribution in [2.75, 3.05) is 11.6 Å². The summed E-state index contributed by atoms with van der Waals surface area (Å²) in [7, 11) is -3.28. The third-order valence-corrected chi connectivity index (χ3v) is 6.52. The molecule has 0 aliphatic rings. The second-order valence-corrected chi connectivity index (χ2v) is 10.8. The van der Waals surface area contributed by atoms with Crippen molar-refractivity contribution in [2.24, 2.45) is 0 Å². The SMILES string of the molecule is CC(C)Sc1cccc(C(=O)Nc2nc3ccc(S(C)(=O)=O)cc3s2)c1. The number of aromatic nitrogens is 1. The maximum absolute atomic E-state index is 12.5. The molecule has 0 spiro atoms. The van der Waals surface area contributed by atoms with E-state index in [1.165, 1.54) is 23.7 Å². The minimum Gasteiger partial charge on any atom is -0.298 e. The molecule has 0 aliphatic heterocycles. The molecular formula is C18H18N2O3S3. The van der Waals surface area contributed by atoms with Crippen molar-refractivity contribution >= 4 is 54.2 Å². The van der Waals surface area contributed by atoms with Crippen molar-refractivity contribution in [2.45, 2.75) is 28.9 Å². The van der Waals surface area contributed by atoms with Gasteiger partial charge < -0.3 is 0 Å². The lowest BCUT2D eigenvalue weighted by Gasteiger charge is -2.07. The highest BCUT2D eigenvalue weighted by atomic mass is 32.2. The number of nitrogens with one attached hydrogen (secondary N) is 1. The zero-order valence-corrected chi connectivity index (χ0v) is 17.0. The molecule has 0 unspecified atom stereocenters. The minimum atomic E-state index is -3.28. The number of fused-ring (bicyclic) bond motifs is 1. The lowest BCUT2D eigenvalue weighted by molar-refractivity contribution is 0.102. The number of thioether (sulfide) groups is 1. The molecule has 0 fully saturated rings. The first kappa shape index (κ1) is 18.9. The first-order valence-electron chi connectivity index (χ1n) is 7.91. The molecule has 3 rings (SSSR count). The maximum atomic E-state index is 12.5. The summed E-state index contributed by atoms with van der Waals surface area (Å²) in [6.07, 6.45) is 1.17. The van der Waals surface area contributed by atoms with Crippen LogP contribution in [0.15, 0.2) is 52.3 Å². The average Bonchev–Trinajstić information content (AvgIpc) is 2.94. The molecule has 5 nitrogen and oxygen atoms in total. The number of nitrogens with zero attached hydrogens (tertiary/aromatic N) is 1. The van der Waals surface area contributed by atoms with Crippen molar-refractivity contribution in [1.29, 1.82) is 0 Å². The fourth-order valence-electron chi connectivity index (χ4n) is 2.34. The summed E-state index contributed by atoms with van der Waals surface area (Å²) in [5, 5.41) is 3.67. The fourth-order valence-corrected chi connectivity index (χ4v) is 4.86. The standard InChI is InChI=1S/C18H18N2O3S3/c1-11(2)24-13-6-4-5-12(9-13)17(21)20-18-19-15-8-7-14(26(3,22)23)10-16(15)25-18/h4-11H,1-3H3,(H,19,20,21). The van der Waals surface area contributed by atoms with Crippen molar-refractivity contribution in [3.8, 4) is 0 Å². The Bertz CT molecular complexity index is 1070. The summed E-state index contributed by atoms with van der Waals surface area (Å²) in [4.78, 5) is 18.1. The van der Waals surface area contributed by atoms with Gasteiger partial charge in [-0.25, -0.2) is 13.4 Å². The first-order valence-corrected chi connectivity index (χ1v) is 11.5. The molecule has 0 atom stereocenters. The van der Waals surface area contributed by atoms with Crippen molar-refractivity contribution in [3.63, 3.8) is 0 Å². The van der Waals surface area contributed by atoms with Gasteiger partial charge in [0.25, 0.3) is 5.91 Å². The topological polar surface area (TPSA) is 76.1 Å². The van der Waals surface area contributed by atoms with Crippen LogP contribution in [-0.2, 0) is 9.84 Å². The van der Waals surface area contributed by atoms with Crippen LogP contribution in [0.4, 0.5) is 5.13 Å². The molecule has 8 heteroatoms. The third kappa shape index (κ3) is 4.44. The predicted octanol–water partition coefficient (Wildman–Crippen LogP) is 4.45. The molecule has 136 valence electrons. The monoisotopic (exact) mass is 406 g/mol. The van der Waals surface area contributed by atoms with Crippen LogP contribution in [0, 0.1) is 0 Å². The van der Waals surface area contributed by atoms with E-state index in [0.29, 0.717) is 26.2 Å². The Kier molecular flexibility index (Phi) is 5.36. The highest BCUT2D eigenvalue weighted by Gasteiger charge is 2.13. The molecule has 1 N–H and O–H groups in total. The van der Waals surface area contributed by atoms with Crippen molar-refractivity contribution in [3.05, 3.63) is 48.0 Å². The molecule has 1 amide bonds. The van der Waals surface area contributed by atoms with E-state index in [4.69, 9.17) is 0 Å². The number of rotatable bonds is 5. The third-order valence-electron chi connectivity index (χ3n) is 3.48. The number of hydrogen-bond donors (Lipinski definition) is 1. The van der Waals surface area contributed by atoms with Crippen LogP contribution in [-0.4, -0.2) is 30.8 Å². The van der Waals surface area contributed by atoms with Crippen LogP contribution in [0.25, 0.3) is 10.2 Å². The molecule has 0 aliphatic carbocycles. The zero-order chi connectivity index (χ0) is 18.9. The summed E-state index contributed by atoms with van der Waals surface area (Å²) < 4.78 is 24.0. The largest absolute Gasteiger partial charge is 0.298 e. The highest BCUT2D eigenvalue weighted by Crippen LogP contribution is 2.29. The summed E-state index contributed by atoms with van der Waals surface area (Å²) in [5.74, 6) is -0.237. The van der Waals surface area contributed by atoms with Gasteiger partial charge in [-0.05, 0) is 36.4 Å². The van der Waals surface area contributed by atoms with Crippen LogP contribution < -0.4 is 5.32 Å². The molecule has 1 heterocycles. The van der Waals surface area contributed by atoms with Gasteiger partial charge in [0.15, 0.2) is 15.0 Å². The van der Waals surface area contributed by atoms with Crippen molar-refractivity contribution in [1.82, 2.24) is 4.98 Å². The number of carbonyl (C=O) groups excluding carboxylic acids is 1. The Morgan fingerprint density at radius 1 is 1.19 bits per heavy atom. The van der Waals surface area contributed by atoms with E-state index in [1.807, 2.05) is 18.2 Å². The fraction of sp³-hybridized carbons (Fsp3) is 0.222. The normalized spacial score (nSPS) is 11.8. The lowest BCUT2D eigenvalue weighted by Crippen LogP contribution is -2.11. The van der Waals surface area contributed by atoms with Crippen LogP contribution in [0.5, 0.6) is 0 Å². The Morgan fingerprint density at radius 2 is 1.96 bits per heavy atom. The van der Waals surface area contributed by atoms with E-state index in [1.54, 1.807) is 30.0 Å². The molecule has 0 radical (unpaired) electrons. The van der Waals surface area contributed by atoms with E-state index in [0.717, 1.165) is 4.90 Å². The van der Waals surface area contributed by atoms with Crippen LogP contribution in [0.2, 0.25) is 0 Å². The predicted molar refractivity (Wildman–Crippen MR) is 108 cm³/mol. The van der Waals surface area contributed by atoms with Gasteiger partial charge in [-0.3, -0.25) is 10.1 Å². The van der Waals surface area contributed by atoms with E-state index >= 15 is 0 Å². The van der Waals surface area contributed by atoms with Crippen molar-refractivity contribution < 1.29 is 13.2 Å². The molecule has 0 bridgehead atoms. The van der Waals surface area contributed by atoms with Gasteiger partial charge in [0.1, 0.15) is 0 Å². The molecule has 3 aromatic rings. The van der Waals surface area contributed by atoms with Gasteiger partial charge in [0.2, 0.25) is 0 Å². The zero-order valence-electron chi connectivity index (χ0n) is 14.5. The van der Waals surface area contributed by atoms with Crippen LogP contribution >= 0.6 is 23.1 Å². The average molecular weight is 407 g/mol. The van der Waals surface area contributed by atoms with Gasteiger partial charge >= 0.3 is 0 Å². The van der Waals surface area contributed by atoms with Crippen LogP contribution in [0.1, 0.15) is 24.2 Å². The molecule has 26 heavy (non-hydrogen) atoms. The number of benzene rings is 2. The Labute approximate surface area is 160 Å². The highest BCUT2D eigenvalue weighted by molar-refractivity contribution is 7.99. The smallest absolute Gasteiger partial charge is 0.257 e. The van der Waals surface area contributed by atoms with E-state index in [-0.39, 0.29) is 10.8 Å². The second kappa shape index (κ2) is 7.38. The number of carbonyl (C=O) groups is 1. The summed E-state index contributed by atoms with van der Waals surface area (Å²) in [5.41, 5.74) is 1.22. The van der Waals surface area contributed by atoms with Gasteiger partial charge in [-0.1, -0.05) is 31.3 Å². The van der Waals surface area contributed by atoms with E-state index < -0.39 is 9.84 Å². The van der Waals surface area contributed by atoms with Gasteiger partial charge in [-0.2, -0.15) is 0 Å². The maximum Gasteiger partial charge on any atom is 0.257 e.